The van der Waals surface area contributed by atoms with Crippen molar-refractivity contribution in [2.75, 3.05) is 12.5 Å². The molecule has 0 unspecified atom stereocenters. The summed E-state index contributed by atoms with van der Waals surface area (Å²) in [6.45, 7) is 6.60. The molecule has 34 heavy (non-hydrogen) atoms. The van der Waals surface area contributed by atoms with E-state index in [0.29, 0.717) is 0 Å². The molecule has 0 amide bonds. The lowest BCUT2D eigenvalue weighted by Gasteiger charge is -2.62. The van der Waals surface area contributed by atoms with Crippen molar-refractivity contribution in [2.45, 2.75) is 64.3 Å². The SMILES string of the molecule is CCOC(=O)O[C@]1(C(=O)CCl)[C@H](C)C[C@H]2[C@@H]3CC(=O)C4=CC(=O)C=C[C@]4(C)[C@@]3(F)[C@@H](O)C[C@@]21C. The minimum absolute atomic E-state index is 0.0321. The van der Waals surface area contributed by atoms with E-state index < -0.39 is 69.6 Å². The molecule has 0 aliphatic heterocycles. The molecule has 0 aromatic heterocycles. The summed E-state index contributed by atoms with van der Waals surface area (Å²) in [4.78, 5) is 50.9. The Morgan fingerprint density at radius 1 is 1.26 bits per heavy atom. The smallest absolute Gasteiger partial charge is 0.435 e. The number of carbonyl (C=O) groups is 4. The topological polar surface area (TPSA) is 107 Å². The fourth-order valence-corrected chi connectivity index (χ4v) is 7.81. The molecule has 4 rings (SSSR count). The number of fused-ring (bicyclic) bond motifs is 5. The Hall–Kier alpha value is -2.06. The molecule has 0 aromatic rings. The number of hydrogen-bond acceptors (Lipinski definition) is 7. The Labute approximate surface area is 202 Å². The second kappa shape index (κ2) is 7.98. The number of carbonyl (C=O) groups excluding carboxylic acids is 4. The first-order chi connectivity index (χ1) is 15.8. The van der Waals surface area contributed by atoms with Gasteiger partial charge in [-0.05, 0) is 44.8 Å². The van der Waals surface area contributed by atoms with Crippen LogP contribution < -0.4 is 0 Å². The number of ether oxygens (including phenoxy) is 2. The highest BCUT2D eigenvalue weighted by Gasteiger charge is 2.78. The molecule has 9 heteroatoms. The predicted octanol–water partition coefficient (Wildman–Crippen LogP) is 3.50. The van der Waals surface area contributed by atoms with E-state index in [1.54, 1.807) is 20.8 Å². The molecule has 0 aromatic carbocycles. The van der Waals surface area contributed by atoms with Crippen LogP contribution in [0, 0.1) is 28.6 Å². The third-order valence-electron chi connectivity index (χ3n) is 9.07. The van der Waals surface area contributed by atoms with Gasteiger partial charge in [-0.25, -0.2) is 9.18 Å². The van der Waals surface area contributed by atoms with E-state index >= 15 is 4.39 Å². The second-order valence-electron chi connectivity index (χ2n) is 10.5. The minimum atomic E-state index is -2.27. The molecule has 1 N–H and O–H groups in total. The van der Waals surface area contributed by atoms with Crippen LogP contribution in [-0.2, 0) is 23.9 Å². The van der Waals surface area contributed by atoms with Gasteiger partial charge in [0.1, 0.15) is 0 Å². The van der Waals surface area contributed by atoms with Gasteiger partial charge in [0.05, 0.1) is 24.0 Å². The number of allylic oxidation sites excluding steroid dienone is 4. The zero-order chi connectivity index (χ0) is 25.3. The van der Waals surface area contributed by atoms with Gasteiger partial charge in [0, 0.05) is 29.2 Å². The monoisotopic (exact) mass is 496 g/mol. The van der Waals surface area contributed by atoms with E-state index in [1.165, 1.54) is 19.1 Å². The Kier molecular flexibility index (Phi) is 5.88. The van der Waals surface area contributed by atoms with Crippen LogP contribution in [0.2, 0.25) is 0 Å². The van der Waals surface area contributed by atoms with Crippen LogP contribution in [0.15, 0.2) is 23.8 Å². The maximum absolute atomic E-state index is 17.2. The fraction of sp³-hybridized carbons (Fsp3) is 0.680. The lowest BCUT2D eigenvalue weighted by Crippen LogP contribution is -2.71. The summed E-state index contributed by atoms with van der Waals surface area (Å²) in [5, 5.41) is 11.4. The molecule has 0 spiro atoms. The zero-order valence-corrected chi connectivity index (χ0v) is 20.5. The number of rotatable bonds is 4. The number of aliphatic hydroxyl groups is 1. The van der Waals surface area contributed by atoms with Gasteiger partial charge in [-0.1, -0.05) is 19.9 Å². The van der Waals surface area contributed by atoms with Crippen LogP contribution in [0.25, 0.3) is 0 Å². The summed E-state index contributed by atoms with van der Waals surface area (Å²) in [5.41, 5.74) is -6.66. The maximum Gasteiger partial charge on any atom is 0.509 e. The number of Topliss-reactive ketones (excluding diaryl/α,β-unsaturated/α-hetero) is 2. The summed E-state index contributed by atoms with van der Waals surface area (Å²) < 4.78 is 27.9. The predicted molar refractivity (Wildman–Crippen MR) is 120 cm³/mol. The standard InChI is InChI=1S/C25H30ClFO7/c1-5-33-21(32)34-25(20(31)12-26)13(2)8-15-16-10-18(29)17-9-14(28)6-7-22(17,3)24(16,27)19(30)11-23(15,25)4/h6-7,9,13,15-16,19,30H,5,8,10-12H2,1-4H3/t13-,15+,16+,19+,22+,23+,24+,25+/m1/s1. The van der Waals surface area contributed by atoms with Crippen LogP contribution in [0.1, 0.15) is 47.0 Å². The van der Waals surface area contributed by atoms with Crippen LogP contribution in [-0.4, -0.2) is 58.5 Å². The molecule has 7 nitrogen and oxygen atoms in total. The van der Waals surface area contributed by atoms with Crippen LogP contribution in [0.3, 0.4) is 0 Å². The molecule has 4 aliphatic rings. The molecular formula is C25H30ClFO7. The summed E-state index contributed by atoms with van der Waals surface area (Å²) in [6, 6.07) is 0. The molecule has 3 saturated carbocycles. The number of aliphatic hydroxyl groups excluding tert-OH is 1. The first kappa shape index (κ1) is 25.0. The third-order valence-corrected chi connectivity index (χ3v) is 9.31. The van der Waals surface area contributed by atoms with Gasteiger partial charge in [0.15, 0.2) is 28.6 Å². The van der Waals surface area contributed by atoms with E-state index in [0.717, 1.165) is 6.08 Å². The number of ketones is 3. The molecule has 186 valence electrons. The largest absolute Gasteiger partial charge is 0.509 e. The summed E-state index contributed by atoms with van der Waals surface area (Å²) >= 11 is 5.97. The normalized spacial score (nSPS) is 45.1. The molecule has 0 bridgehead atoms. The summed E-state index contributed by atoms with van der Waals surface area (Å²) in [5.74, 6) is -3.86. The summed E-state index contributed by atoms with van der Waals surface area (Å²) in [6.07, 6.45) is 0.983. The summed E-state index contributed by atoms with van der Waals surface area (Å²) in [7, 11) is 0. The van der Waals surface area contributed by atoms with Gasteiger partial charge < -0.3 is 14.6 Å². The van der Waals surface area contributed by atoms with Crippen molar-refractivity contribution in [3.63, 3.8) is 0 Å². The van der Waals surface area contributed by atoms with Crippen LogP contribution >= 0.6 is 11.6 Å². The minimum Gasteiger partial charge on any atom is -0.435 e. The van der Waals surface area contributed by atoms with E-state index in [2.05, 4.69) is 0 Å². The van der Waals surface area contributed by atoms with Gasteiger partial charge >= 0.3 is 6.16 Å². The highest BCUT2D eigenvalue weighted by Crippen LogP contribution is 2.71. The van der Waals surface area contributed by atoms with Crippen molar-refractivity contribution < 1.29 is 38.1 Å². The molecule has 0 saturated heterocycles. The Bertz CT molecular complexity index is 1020. The Morgan fingerprint density at radius 2 is 1.94 bits per heavy atom. The van der Waals surface area contributed by atoms with Crippen LogP contribution in [0.5, 0.6) is 0 Å². The van der Waals surface area contributed by atoms with Gasteiger partial charge in [-0.2, -0.15) is 0 Å². The number of halogens is 2. The molecule has 8 atom stereocenters. The van der Waals surface area contributed by atoms with Crippen molar-refractivity contribution in [1.29, 1.82) is 0 Å². The zero-order valence-electron chi connectivity index (χ0n) is 19.7. The quantitative estimate of drug-likeness (QED) is 0.469. The number of alkyl halides is 2. The van der Waals surface area contributed by atoms with E-state index in [4.69, 9.17) is 21.1 Å². The average molecular weight is 497 g/mol. The Balaban J connectivity index is 1.87. The van der Waals surface area contributed by atoms with E-state index in [9.17, 15) is 24.3 Å². The maximum atomic E-state index is 17.2. The first-order valence-corrected chi connectivity index (χ1v) is 12.2. The average Bonchev–Trinajstić information content (AvgIpc) is 2.99. The van der Waals surface area contributed by atoms with Crippen LogP contribution in [0.4, 0.5) is 9.18 Å². The Morgan fingerprint density at radius 3 is 2.56 bits per heavy atom. The second-order valence-corrected chi connectivity index (χ2v) is 10.7. The highest BCUT2D eigenvalue weighted by atomic mass is 35.5. The number of hydrogen-bond donors (Lipinski definition) is 1. The van der Waals surface area contributed by atoms with Crippen molar-refractivity contribution in [3.05, 3.63) is 23.8 Å². The van der Waals surface area contributed by atoms with Crippen molar-refractivity contribution >= 4 is 35.1 Å². The fourth-order valence-electron chi connectivity index (χ4n) is 7.61. The first-order valence-electron chi connectivity index (χ1n) is 11.6. The molecule has 4 aliphatic carbocycles. The van der Waals surface area contributed by atoms with Gasteiger partial charge in [-0.15, -0.1) is 11.6 Å². The van der Waals surface area contributed by atoms with Gasteiger partial charge in [0.2, 0.25) is 0 Å². The van der Waals surface area contributed by atoms with E-state index in [-0.39, 0.29) is 37.2 Å². The molecule has 0 radical (unpaired) electrons. The molecular weight excluding hydrogens is 467 g/mol. The lowest BCUT2D eigenvalue weighted by atomic mass is 9.44. The molecule has 0 heterocycles. The van der Waals surface area contributed by atoms with E-state index in [1.807, 2.05) is 0 Å². The molecule has 3 fully saturated rings. The van der Waals surface area contributed by atoms with Crippen molar-refractivity contribution in [2.24, 2.45) is 28.6 Å². The third kappa shape index (κ3) is 2.90. The van der Waals surface area contributed by atoms with Gasteiger partial charge in [-0.3, -0.25) is 14.4 Å². The van der Waals surface area contributed by atoms with Crippen molar-refractivity contribution in [3.8, 4) is 0 Å². The van der Waals surface area contributed by atoms with Crippen molar-refractivity contribution in [1.82, 2.24) is 0 Å². The highest BCUT2D eigenvalue weighted by molar-refractivity contribution is 6.29. The lowest BCUT2D eigenvalue weighted by molar-refractivity contribution is -0.219. The van der Waals surface area contributed by atoms with Gasteiger partial charge in [0.25, 0.3) is 0 Å².